The Labute approximate surface area is 181 Å². The maximum atomic E-state index is 12.9. The summed E-state index contributed by atoms with van der Waals surface area (Å²) in [4.78, 5) is 0.198. The topological polar surface area (TPSA) is 83.4 Å². The van der Waals surface area contributed by atoms with Gasteiger partial charge in [-0.05, 0) is 31.2 Å². The van der Waals surface area contributed by atoms with Crippen LogP contribution >= 0.6 is 0 Å². The van der Waals surface area contributed by atoms with Crippen molar-refractivity contribution in [3.05, 3.63) is 78.4 Å². The van der Waals surface area contributed by atoms with Crippen LogP contribution in [0.1, 0.15) is 11.6 Å². The summed E-state index contributed by atoms with van der Waals surface area (Å²) in [5.41, 5.74) is 3.04. The first-order chi connectivity index (χ1) is 15.0. The molecule has 1 saturated heterocycles. The molecular weight excluding hydrogens is 410 g/mol. The fourth-order valence-corrected chi connectivity index (χ4v) is 5.80. The summed E-state index contributed by atoms with van der Waals surface area (Å²) >= 11 is 0. The smallest absolute Gasteiger partial charge is 0.240 e. The summed E-state index contributed by atoms with van der Waals surface area (Å²) in [7, 11) is -3.75. The molecule has 7 heteroatoms. The van der Waals surface area contributed by atoms with E-state index in [1.807, 2.05) is 43.3 Å². The minimum Gasteiger partial charge on any atom is -0.389 e. The quantitative estimate of drug-likeness (QED) is 0.460. The number of nitrogens with one attached hydrogen (secondary N) is 2. The van der Waals surface area contributed by atoms with Gasteiger partial charge in [0.2, 0.25) is 10.0 Å². The predicted octanol–water partition coefficient (Wildman–Crippen LogP) is 2.96. The van der Waals surface area contributed by atoms with Gasteiger partial charge in [0, 0.05) is 34.9 Å². The zero-order valence-corrected chi connectivity index (χ0v) is 18.0. The van der Waals surface area contributed by atoms with Gasteiger partial charge in [-0.3, -0.25) is 0 Å². The third-order valence-electron chi connectivity index (χ3n) is 6.11. The van der Waals surface area contributed by atoms with Crippen LogP contribution in [-0.4, -0.2) is 43.3 Å². The lowest BCUT2D eigenvalue weighted by atomic mass is 9.99. The minimum atomic E-state index is -3.75. The lowest BCUT2D eigenvalue weighted by Crippen LogP contribution is -2.58. The second kappa shape index (κ2) is 7.76. The van der Waals surface area contributed by atoms with Crippen LogP contribution in [-0.2, 0) is 10.0 Å². The van der Waals surface area contributed by atoms with Crippen LogP contribution in [0.25, 0.3) is 21.8 Å². The predicted molar refractivity (Wildman–Crippen MR) is 123 cm³/mol. The molecular formula is C24H25N3O3S. The summed E-state index contributed by atoms with van der Waals surface area (Å²) < 4.78 is 30.7. The lowest BCUT2D eigenvalue weighted by molar-refractivity contribution is 0.0638. The summed E-state index contributed by atoms with van der Waals surface area (Å²) in [6.45, 7) is 2.82. The van der Waals surface area contributed by atoms with Crippen LogP contribution in [0.4, 0.5) is 0 Å². The molecule has 160 valence electrons. The Morgan fingerprint density at radius 2 is 1.48 bits per heavy atom. The largest absolute Gasteiger partial charge is 0.389 e. The summed E-state index contributed by atoms with van der Waals surface area (Å²) in [5.74, 6) is 0. The first-order valence-corrected chi connectivity index (χ1v) is 11.9. The highest BCUT2D eigenvalue weighted by Gasteiger charge is 2.36. The average Bonchev–Trinajstić information content (AvgIpc) is 3.10. The summed E-state index contributed by atoms with van der Waals surface area (Å²) in [6, 6.07) is 22.0. The van der Waals surface area contributed by atoms with Gasteiger partial charge in [0.05, 0.1) is 23.1 Å². The number of fused-ring (bicyclic) bond motifs is 3. The molecule has 1 aliphatic rings. The van der Waals surface area contributed by atoms with Gasteiger partial charge in [0.15, 0.2) is 0 Å². The van der Waals surface area contributed by atoms with Crippen molar-refractivity contribution in [2.45, 2.75) is 30.0 Å². The monoisotopic (exact) mass is 435 g/mol. The molecule has 5 rings (SSSR count). The molecule has 0 radical (unpaired) electrons. The van der Waals surface area contributed by atoms with Crippen molar-refractivity contribution >= 4 is 31.8 Å². The fraction of sp³-hybridized carbons (Fsp3) is 0.250. The zero-order chi connectivity index (χ0) is 21.6. The Bertz CT molecular complexity index is 1290. The van der Waals surface area contributed by atoms with Crippen LogP contribution in [0, 0.1) is 6.92 Å². The van der Waals surface area contributed by atoms with Gasteiger partial charge in [-0.25, -0.2) is 13.1 Å². The number of aliphatic hydroxyl groups excluding tert-OH is 1. The first kappa shape index (κ1) is 20.2. The van der Waals surface area contributed by atoms with Gasteiger partial charge in [0.1, 0.15) is 0 Å². The molecule has 3 aromatic carbocycles. The molecule has 1 aromatic heterocycles. The molecule has 1 fully saturated rings. The molecule has 1 aliphatic heterocycles. The molecule has 0 saturated carbocycles. The Balaban J connectivity index is 1.51. The van der Waals surface area contributed by atoms with E-state index in [2.05, 4.69) is 26.7 Å². The minimum absolute atomic E-state index is 0.198. The molecule has 3 atom stereocenters. The highest BCUT2D eigenvalue weighted by Crippen LogP contribution is 2.34. The maximum absolute atomic E-state index is 12.9. The number of rotatable bonds is 4. The Morgan fingerprint density at radius 3 is 2.10 bits per heavy atom. The van der Waals surface area contributed by atoms with Crippen molar-refractivity contribution < 1.29 is 13.5 Å². The van der Waals surface area contributed by atoms with E-state index in [9.17, 15) is 13.5 Å². The van der Waals surface area contributed by atoms with Gasteiger partial charge in [-0.15, -0.1) is 0 Å². The normalized spacial score (nSPS) is 22.2. The molecule has 0 amide bonds. The number of sulfonamides is 1. The molecule has 1 unspecified atom stereocenters. The van der Waals surface area contributed by atoms with E-state index < -0.39 is 22.2 Å². The highest BCUT2D eigenvalue weighted by molar-refractivity contribution is 7.89. The second-order valence-corrected chi connectivity index (χ2v) is 9.88. The number of piperidine rings is 1. The molecule has 6 nitrogen and oxygen atoms in total. The van der Waals surface area contributed by atoms with Gasteiger partial charge in [-0.2, -0.15) is 0 Å². The van der Waals surface area contributed by atoms with Crippen LogP contribution in [0.5, 0.6) is 0 Å². The van der Waals surface area contributed by atoms with Crippen molar-refractivity contribution in [1.29, 1.82) is 0 Å². The Morgan fingerprint density at radius 1 is 0.903 bits per heavy atom. The van der Waals surface area contributed by atoms with E-state index >= 15 is 0 Å². The standard InChI is InChI=1S/C24H25N3O3S/c1-16-10-12-17(13-11-16)31(29,30)26-20-14-25-15-23(24(20)28)27-21-8-4-2-6-18(21)19-7-3-5-9-22(19)27/h2-13,20,23-26,28H,14-15H2,1H3/t20-,23?,24+/m1/s1. The van der Waals surface area contributed by atoms with Crippen LogP contribution in [0.15, 0.2) is 77.7 Å². The molecule has 0 bridgehead atoms. The Hall–Kier alpha value is -2.71. The van der Waals surface area contributed by atoms with E-state index in [1.54, 1.807) is 24.3 Å². The van der Waals surface area contributed by atoms with E-state index in [4.69, 9.17) is 0 Å². The number of benzene rings is 3. The van der Waals surface area contributed by atoms with Gasteiger partial charge in [0.25, 0.3) is 0 Å². The number of aryl methyl sites for hydroxylation is 1. The molecule has 0 spiro atoms. The van der Waals surface area contributed by atoms with E-state index in [-0.39, 0.29) is 10.9 Å². The SMILES string of the molecule is Cc1ccc(S(=O)(=O)N[C@@H]2CNCC(n3c4ccccc4c4ccccc43)[C@H]2O)cc1. The number of aliphatic hydroxyl groups is 1. The molecule has 31 heavy (non-hydrogen) atoms. The molecule has 2 heterocycles. The number of aromatic nitrogens is 1. The fourth-order valence-electron chi connectivity index (χ4n) is 4.55. The van der Waals surface area contributed by atoms with Crippen LogP contribution in [0.3, 0.4) is 0 Å². The molecule has 4 aromatic rings. The lowest BCUT2D eigenvalue weighted by Gasteiger charge is -2.37. The van der Waals surface area contributed by atoms with Gasteiger partial charge >= 0.3 is 0 Å². The number of hydrogen-bond acceptors (Lipinski definition) is 4. The van der Waals surface area contributed by atoms with E-state index in [1.165, 1.54) is 0 Å². The highest BCUT2D eigenvalue weighted by atomic mass is 32.2. The second-order valence-electron chi connectivity index (χ2n) is 8.16. The maximum Gasteiger partial charge on any atom is 0.240 e. The van der Waals surface area contributed by atoms with Gasteiger partial charge < -0.3 is 15.0 Å². The number of para-hydroxylation sites is 2. The Kier molecular flexibility index (Phi) is 5.06. The van der Waals surface area contributed by atoms with Crippen molar-refractivity contribution in [2.75, 3.05) is 13.1 Å². The van der Waals surface area contributed by atoms with Crippen molar-refractivity contribution in [2.24, 2.45) is 0 Å². The van der Waals surface area contributed by atoms with E-state index in [0.29, 0.717) is 13.1 Å². The van der Waals surface area contributed by atoms with Crippen LogP contribution in [0.2, 0.25) is 0 Å². The number of hydrogen-bond donors (Lipinski definition) is 3. The van der Waals surface area contributed by atoms with Gasteiger partial charge in [-0.1, -0.05) is 54.1 Å². The van der Waals surface area contributed by atoms with Crippen LogP contribution < -0.4 is 10.0 Å². The summed E-state index contributed by atoms with van der Waals surface area (Å²) in [5, 5.41) is 16.8. The third-order valence-corrected chi connectivity index (χ3v) is 7.62. The first-order valence-electron chi connectivity index (χ1n) is 10.4. The zero-order valence-electron chi connectivity index (χ0n) is 17.2. The van der Waals surface area contributed by atoms with E-state index in [0.717, 1.165) is 27.4 Å². The van der Waals surface area contributed by atoms with Crippen molar-refractivity contribution in [3.63, 3.8) is 0 Å². The molecule has 3 N–H and O–H groups in total. The average molecular weight is 436 g/mol. The van der Waals surface area contributed by atoms with Crippen molar-refractivity contribution in [3.8, 4) is 0 Å². The third kappa shape index (κ3) is 3.53. The number of nitrogens with zero attached hydrogens (tertiary/aromatic N) is 1. The summed E-state index contributed by atoms with van der Waals surface area (Å²) in [6.07, 6.45) is -0.888. The molecule has 0 aliphatic carbocycles. The van der Waals surface area contributed by atoms with Crippen molar-refractivity contribution in [1.82, 2.24) is 14.6 Å².